The first-order valence-corrected chi connectivity index (χ1v) is 14.4. The lowest BCUT2D eigenvalue weighted by Crippen LogP contribution is -2.58. The van der Waals surface area contributed by atoms with E-state index in [0.29, 0.717) is 25.9 Å². The molecule has 1 saturated heterocycles. The van der Waals surface area contributed by atoms with Gasteiger partial charge in [0.25, 0.3) is 5.91 Å². The van der Waals surface area contributed by atoms with Crippen LogP contribution in [0.25, 0.3) is 10.4 Å². The zero-order valence-corrected chi connectivity index (χ0v) is 24.2. The van der Waals surface area contributed by atoms with E-state index in [2.05, 4.69) is 29.5 Å². The normalized spacial score (nSPS) is 18.7. The van der Waals surface area contributed by atoms with Crippen molar-refractivity contribution in [1.29, 1.82) is 0 Å². The van der Waals surface area contributed by atoms with E-state index in [0.717, 1.165) is 21.7 Å². The summed E-state index contributed by atoms with van der Waals surface area (Å²) >= 11 is 1.59. The lowest BCUT2D eigenvalue weighted by Gasteiger charge is -2.35. The maximum absolute atomic E-state index is 14.3. The number of hydrogen-bond donors (Lipinski definition) is 2. The lowest BCUT2D eigenvalue weighted by atomic mass is 9.85. The Labute approximate surface area is 229 Å². The number of carbonyl (C=O) groups is 3. The number of nitrogens with zero attached hydrogens (tertiary/aromatic N) is 2. The van der Waals surface area contributed by atoms with Gasteiger partial charge in [-0.15, -0.1) is 11.3 Å². The van der Waals surface area contributed by atoms with Crippen LogP contribution in [0.15, 0.2) is 29.8 Å². The molecule has 4 rings (SSSR count). The molecule has 7 nitrogen and oxygen atoms in total. The summed E-state index contributed by atoms with van der Waals surface area (Å²) in [6, 6.07) is 6.47. The molecule has 2 fully saturated rings. The number of rotatable bonds is 7. The van der Waals surface area contributed by atoms with Crippen LogP contribution in [0.2, 0.25) is 0 Å². The van der Waals surface area contributed by atoms with Crippen molar-refractivity contribution in [3.8, 4) is 10.4 Å². The number of amides is 3. The third-order valence-electron chi connectivity index (χ3n) is 6.75. The third kappa shape index (κ3) is 7.18. The smallest absolute Gasteiger partial charge is 0.258 e. The highest BCUT2D eigenvalue weighted by molar-refractivity contribution is 7.13. The Morgan fingerprint density at radius 1 is 1.18 bits per heavy atom. The molecule has 3 amide bonds. The number of likely N-dealkylation sites (tertiary alicyclic amines) is 1. The molecule has 2 aliphatic rings. The summed E-state index contributed by atoms with van der Waals surface area (Å²) in [5.74, 6) is -1.29. The van der Waals surface area contributed by atoms with Crippen LogP contribution in [-0.4, -0.2) is 51.9 Å². The van der Waals surface area contributed by atoms with E-state index in [1.54, 1.807) is 16.2 Å². The van der Waals surface area contributed by atoms with E-state index in [1.165, 1.54) is 6.42 Å². The number of alkyl halides is 1. The van der Waals surface area contributed by atoms with E-state index < -0.39 is 29.1 Å². The predicted octanol–water partition coefficient (Wildman–Crippen LogP) is 5.18. The van der Waals surface area contributed by atoms with Crippen LogP contribution in [0.5, 0.6) is 0 Å². The van der Waals surface area contributed by atoms with Crippen LogP contribution in [0.4, 0.5) is 4.39 Å². The highest BCUT2D eigenvalue weighted by Crippen LogP contribution is 2.40. The Hall–Kier alpha value is -2.81. The van der Waals surface area contributed by atoms with E-state index in [1.807, 2.05) is 57.5 Å². The van der Waals surface area contributed by atoms with Gasteiger partial charge in [-0.2, -0.15) is 0 Å². The minimum absolute atomic E-state index is 0.184. The Bertz CT molecular complexity index is 1120. The number of benzene rings is 1. The topological polar surface area (TPSA) is 91.4 Å². The van der Waals surface area contributed by atoms with Gasteiger partial charge in [0.1, 0.15) is 12.1 Å². The van der Waals surface area contributed by atoms with E-state index in [-0.39, 0.29) is 24.7 Å². The summed E-state index contributed by atoms with van der Waals surface area (Å²) in [7, 11) is 0. The van der Waals surface area contributed by atoms with E-state index in [9.17, 15) is 18.8 Å². The number of aromatic nitrogens is 1. The van der Waals surface area contributed by atoms with Crippen LogP contribution < -0.4 is 10.6 Å². The second-order valence-electron chi connectivity index (χ2n) is 11.3. The Morgan fingerprint density at radius 2 is 1.82 bits per heavy atom. The molecule has 0 spiro atoms. The second-order valence-corrected chi connectivity index (χ2v) is 12.2. The van der Waals surface area contributed by atoms with Crippen molar-refractivity contribution in [2.24, 2.45) is 5.41 Å². The van der Waals surface area contributed by atoms with Crippen molar-refractivity contribution in [2.45, 2.75) is 97.9 Å². The first-order valence-electron chi connectivity index (χ1n) is 13.5. The van der Waals surface area contributed by atoms with Gasteiger partial charge >= 0.3 is 0 Å². The van der Waals surface area contributed by atoms with Gasteiger partial charge in [-0.25, -0.2) is 9.37 Å². The zero-order valence-electron chi connectivity index (χ0n) is 23.4. The Kier molecular flexibility index (Phi) is 9.68. The van der Waals surface area contributed by atoms with Gasteiger partial charge in [-0.3, -0.25) is 14.4 Å². The van der Waals surface area contributed by atoms with E-state index in [4.69, 9.17) is 0 Å². The Morgan fingerprint density at radius 3 is 2.34 bits per heavy atom. The second kappa shape index (κ2) is 12.4. The predicted molar refractivity (Wildman–Crippen MR) is 149 cm³/mol. The van der Waals surface area contributed by atoms with Crippen molar-refractivity contribution in [2.75, 3.05) is 6.54 Å². The molecule has 9 heteroatoms. The molecule has 2 atom stereocenters. The lowest BCUT2D eigenvalue weighted by molar-refractivity contribution is -0.144. The van der Waals surface area contributed by atoms with Crippen LogP contribution in [-0.2, 0) is 20.9 Å². The summed E-state index contributed by atoms with van der Waals surface area (Å²) in [6.45, 7) is 12.5. The zero-order chi connectivity index (χ0) is 28.1. The van der Waals surface area contributed by atoms with Crippen molar-refractivity contribution in [3.05, 3.63) is 41.0 Å². The number of carbonyl (C=O) groups excluding carboxylic acids is 3. The fourth-order valence-electron chi connectivity index (χ4n) is 4.37. The number of thiazole rings is 1. The molecule has 2 heterocycles. The van der Waals surface area contributed by atoms with Gasteiger partial charge in [0.2, 0.25) is 11.8 Å². The Balaban J connectivity index is 0.00000127. The summed E-state index contributed by atoms with van der Waals surface area (Å²) in [6.07, 6.45) is 2.87. The van der Waals surface area contributed by atoms with Crippen molar-refractivity contribution in [1.82, 2.24) is 20.5 Å². The fraction of sp³-hybridized carbons (Fsp3) is 0.586. The first kappa shape index (κ1) is 29.7. The van der Waals surface area contributed by atoms with Gasteiger partial charge in [-0.05, 0) is 49.1 Å². The summed E-state index contributed by atoms with van der Waals surface area (Å²) in [5, 5.41) is 5.59. The summed E-state index contributed by atoms with van der Waals surface area (Å²) < 4.78 is 14.3. The van der Waals surface area contributed by atoms with Gasteiger partial charge in [-0.1, -0.05) is 65.3 Å². The van der Waals surface area contributed by atoms with Crippen LogP contribution in [0.1, 0.15) is 78.0 Å². The maximum atomic E-state index is 14.3. The van der Waals surface area contributed by atoms with Gasteiger partial charge in [0.15, 0.2) is 5.67 Å². The molecular weight excluding hydrogens is 503 g/mol. The molecule has 1 aliphatic carbocycles. The number of nitrogens with one attached hydrogen (secondary N) is 2. The standard InChI is InChI=1S/C26H33FN4O3S.C3H8/c1-16-20(35-15-29-16)18-9-7-17(8-10-18)14-28-22(32)19-6-5-13-31(19)23(33)21(25(2,3)4)30-24(34)26(27)11-12-26;1-3-2/h7-10,15,19,21H,5-6,11-14H2,1-4H3,(H,28,32)(H,30,34);3H2,1-2H3. The summed E-state index contributed by atoms with van der Waals surface area (Å²) in [4.78, 5) is 45.8. The number of halogens is 1. The first-order chi connectivity index (χ1) is 17.9. The molecule has 2 N–H and O–H groups in total. The third-order valence-corrected chi connectivity index (χ3v) is 7.73. The van der Waals surface area contributed by atoms with Gasteiger partial charge in [0.05, 0.1) is 16.1 Å². The van der Waals surface area contributed by atoms with Crippen LogP contribution in [0.3, 0.4) is 0 Å². The number of hydrogen-bond acceptors (Lipinski definition) is 5. The molecular formula is C29H41FN4O3S. The maximum Gasteiger partial charge on any atom is 0.258 e. The molecule has 1 aromatic carbocycles. The molecule has 2 unspecified atom stereocenters. The highest BCUT2D eigenvalue weighted by Gasteiger charge is 2.53. The molecule has 1 aliphatic heterocycles. The van der Waals surface area contributed by atoms with Gasteiger partial charge < -0.3 is 15.5 Å². The quantitative estimate of drug-likeness (QED) is 0.503. The molecule has 0 radical (unpaired) electrons. The molecule has 1 aromatic heterocycles. The molecule has 0 bridgehead atoms. The average Bonchev–Trinajstić information content (AvgIpc) is 3.24. The molecule has 38 heavy (non-hydrogen) atoms. The molecule has 208 valence electrons. The fourth-order valence-corrected chi connectivity index (χ4v) is 5.19. The average molecular weight is 545 g/mol. The van der Waals surface area contributed by atoms with Crippen molar-refractivity contribution in [3.63, 3.8) is 0 Å². The van der Waals surface area contributed by atoms with E-state index >= 15 is 0 Å². The van der Waals surface area contributed by atoms with Crippen LogP contribution in [0, 0.1) is 12.3 Å². The minimum atomic E-state index is -1.86. The molecule has 1 saturated carbocycles. The largest absolute Gasteiger partial charge is 0.350 e. The minimum Gasteiger partial charge on any atom is -0.350 e. The monoisotopic (exact) mass is 544 g/mol. The number of aryl methyl sites for hydroxylation is 1. The molecule has 2 aromatic rings. The van der Waals surface area contributed by atoms with Crippen LogP contribution >= 0.6 is 11.3 Å². The van der Waals surface area contributed by atoms with Crippen molar-refractivity contribution >= 4 is 29.1 Å². The summed E-state index contributed by atoms with van der Waals surface area (Å²) in [5.41, 5.74) is 2.37. The van der Waals surface area contributed by atoms with Gasteiger partial charge in [0, 0.05) is 13.1 Å². The SMILES string of the molecule is CCC.Cc1ncsc1-c1ccc(CNC(=O)C2CCCN2C(=O)C(NC(=O)C2(F)CC2)C(C)(C)C)cc1. The highest BCUT2D eigenvalue weighted by atomic mass is 32.1. The van der Waals surface area contributed by atoms with Crippen molar-refractivity contribution < 1.29 is 18.8 Å².